The number of pyridine rings is 1. The maximum Gasteiger partial charge on any atom is 0.213 e. The normalized spacial score (nSPS) is 10.7. The zero-order chi connectivity index (χ0) is 17.9. The summed E-state index contributed by atoms with van der Waals surface area (Å²) < 4.78 is 12.2. The molecule has 0 radical (unpaired) electrons. The molecule has 4 aromatic rings. The molecule has 0 spiro atoms. The molecule has 0 unspecified atom stereocenters. The number of benzene rings is 1. The van der Waals surface area contributed by atoms with Gasteiger partial charge in [0.15, 0.2) is 5.65 Å². The van der Waals surface area contributed by atoms with Gasteiger partial charge in [0.25, 0.3) is 0 Å². The fraction of sp³-hybridized carbons (Fsp3) is 0.105. The summed E-state index contributed by atoms with van der Waals surface area (Å²) in [6.07, 6.45) is 5.26. The summed E-state index contributed by atoms with van der Waals surface area (Å²) in [4.78, 5) is 8.69. The van der Waals surface area contributed by atoms with Crippen molar-refractivity contribution in [1.82, 2.24) is 19.6 Å². The van der Waals surface area contributed by atoms with E-state index in [0.717, 1.165) is 34.0 Å². The lowest BCUT2D eigenvalue weighted by atomic mass is 10.1. The minimum atomic E-state index is 0.565. The predicted molar refractivity (Wildman–Crippen MR) is 99.0 cm³/mol. The van der Waals surface area contributed by atoms with Crippen LogP contribution in [0.4, 0.5) is 11.5 Å². The van der Waals surface area contributed by atoms with Gasteiger partial charge in [0.05, 0.1) is 32.3 Å². The van der Waals surface area contributed by atoms with Crippen molar-refractivity contribution >= 4 is 17.2 Å². The van der Waals surface area contributed by atoms with Gasteiger partial charge in [-0.3, -0.25) is 0 Å². The Morgan fingerprint density at radius 3 is 2.65 bits per heavy atom. The van der Waals surface area contributed by atoms with E-state index in [9.17, 15) is 0 Å². The summed E-state index contributed by atoms with van der Waals surface area (Å²) in [5.74, 6) is 2.14. The molecule has 7 heteroatoms. The SMILES string of the molecule is COc1cccc(-c2cnn3c(Nc4ccc(OC)nc4)ccnc23)c1. The summed E-state index contributed by atoms with van der Waals surface area (Å²) in [5, 5.41) is 7.79. The van der Waals surface area contributed by atoms with E-state index >= 15 is 0 Å². The number of hydrogen-bond donors (Lipinski definition) is 1. The number of ether oxygens (including phenoxy) is 2. The van der Waals surface area contributed by atoms with Crippen molar-refractivity contribution in [2.75, 3.05) is 19.5 Å². The number of fused-ring (bicyclic) bond motifs is 1. The molecule has 26 heavy (non-hydrogen) atoms. The monoisotopic (exact) mass is 347 g/mol. The first-order chi connectivity index (χ1) is 12.8. The van der Waals surface area contributed by atoms with Crippen molar-refractivity contribution in [1.29, 1.82) is 0 Å². The fourth-order valence-electron chi connectivity index (χ4n) is 2.70. The molecular weight excluding hydrogens is 330 g/mol. The van der Waals surface area contributed by atoms with Crippen LogP contribution in [0.15, 0.2) is 61.1 Å². The summed E-state index contributed by atoms with van der Waals surface area (Å²) >= 11 is 0. The van der Waals surface area contributed by atoms with Gasteiger partial charge in [-0.2, -0.15) is 9.61 Å². The minimum absolute atomic E-state index is 0.565. The van der Waals surface area contributed by atoms with Gasteiger partial charge in [-0.05, 0) is 29.8 Å². The molecule has 0 saturated carbocycles. The first kappa shape index (κ1) is 15.9. The van der Waals surface area contributed by atoms with E-state index in [1.165, 1.54) is 0 Å². The van der Waals surface area contributed by atoms with Gasteiger partial charge in [0.2, 0.25) is 5.88 Å². The Morgan fingerprint density at radius 2 is 1.88 bits per heavy atom. The number of nitrogens with one attached hydrogen (secondary N) is 1. The number of rotatable bonds is 5. The molecule has 0 aliphatic rings. The lowest BCUT2D eigenvalue weighted by Gasteiger charge is -2.08. The summed E-state index contributed by atoms with van der Waals surface area (Å²) in [6, 6.07) is 13.4. The number of aromatic nitrogens is 4. The summed E-state index contributed by atoms with van der Waals surface area (Å²) in [5.41, 5.74) is 3.51. The molecule has 1 aromatic carbocycles. The third kappa shape index (κ3) is 2.90. The number of methoxy groups -OCH3 is 2. The highest BCUT2D eigenvalue weighted by molar-refractivity contribution is 5.79. The van der Waals surface area contributed by atoms with Gasteiger partial charge in [-0.15, -0.1) is 0 Å². The third-order valence-electron chi connectivity index (χ3n) is 4.00. The molecule has 0 amide bonds. The molecule has 3 aromatic heterocycles. The fourth-order valence-corrected chi connectivity index (χ4v) is 2.70. The van der Waals surface area contributed by atoms with Gasteiger partial charge >= 0.3 is 0 Å². The van der Waals surface area contributed by atoms with Crippen LogP contribution in [-0.4, -0.2) is 33.8 Å². The van der Waals surface area contributed by atoms with Gasteiger partial charge < -0.3 is 14.8 Å². The number of hydrogen-bond acceptors (Lipinski definition) is 6. The van der Waals surface area contributed by atoms with Crippen LogP contribution in [0.1, 0.15) is 0 Å². The average molecular weight is 347 g/mol. The second-order valence-corrected chi connectivity index (χ2v) is 5.57. The Hall–Kier alpha value is -3.61. The highest BCUT2D eigenvalue weighted by Gasteiger charge is 2.11. The van der Waals surface area contributed by atoms with E-state index in [-0.39, 0.29) is 0 Å². The van der Waals surface area contributed by atoms with E-state index < -0.39 is 0 Å². The molecule has 0 saturated heterocycles. The van der Waals surface area contributed by atoms with Gasteiger partial charge in [0, 0.05) is 17.8 Å². The highest BCUT2D eigenvalue weighted by atomic mass is 16.5. The lowest BCUT2D eigenvalue weighted by molar-refractivity contribution is 0.398. The van der Waals surface area contributed by atoms with Crippen LogP contribution in [0.3, 0.4) is 0 Å². The standard InChI is InChI=1S/C19H17N5O2/c1-25-15-5-3-4-13(10-15)16-12-22-24-17(8-9-20-19(16)24)23-14-6-7-18(26-2)21-11-14/h3-12,23H,1-2H3. The van der Waals surface area contributed by atoms with Crippen LogP contribution < -0.4 is 14.8 Å². The molecule has 0 atom stereocenters. The number of anilines is 2. The van der Waals surface area contributed by atoms with E-state index in [1.807, 2.05) is 36.4 Å². The molecule has 0 aliphatic carbocycles. The van der Waals surface area contributed by atoms with Crippen LogP contribution in [-0.2, 0) is 0 Å². The maximum absolute atomic E-state index is 5.31. The number of nitrogens with zero attached hydrogens (tertiary/aromatic N) is 4. The van der Waals surface area contributed by atoms with Crippen molar-refractivity contribution in [2.45, 2.75) is 0 Å². The summed E-state index contributed by atoms with van der Waals surface area (Å²) in [6.45, 7) is 0. The average Bonchev–Trinajstić information content (AvgIpc) is 3.14. The van der Waals surface area contributed by atoms with E-state index in [0.29, 0.717) is 5.88 Å². The Labute approximate surface area is 150 Å². The smallest absolute Gasteiger partial charge is 0.213 e. The van der Waals surface area contributed by atoms with Gasteiger partial charge in [0.1, 0.15) is 11.6 Å². The summed E-state index contributed by atoms with van der Waals surface area (Å²) in [7, 11) is 3.24. The molecule has 0 aliphatic heterocycles. The van der Waals surface area contributed by atoms with Crippen LogP contribution in [0.2, 0.25) is 0 Å². The molecule has 7 nitrogen and oxygen atoms in total. The maximum atomic E-state index is 5.31. The van der Waals surface area contributed by atoms with Crippen molar-refractivity contribution < 1.29 is 9.47 Å². The van der Waals surface area contributed by atoms with E-state index in [4.69, 9.17) is 9.47 Å². The highest BCUT2D eigenvalue weighted by Crippen LogP contribution is 2.28. The zero-order valence-electron chi connectivity index (χ0n) is 14.4. The molecule has 0 bridgehead atoms. The Bertz CT molecular complexity index is 1040. The third-order valence-corrected chi connectivity index (χ3v) is 4.00. The van der Waals surface area contributed by atoms with Crippen LogP contribution in [0, 0.1) is 0 Å². The first-order valence-corrected chi connectivity index (χ1v) is 8.03. The molecular formula is C19H17N5O2. The van der Waals surface area contributed by atoms with Crippen LogP contribution in [0.25, 0.3) is 16.8 Å². The first-order valence-electron chi connectivity index (χ1n) is 8.03. The van der Waals surface area contributed by atoms with Crippen LogP contribution >= 0.6 is 0 Å². The van der Waals surface area contributed by atoms with E-state index in [1.54, 1.807) is 43.4 Å². The van der Waals surface area contributed by atoms with Crippen molar-refractivity contribution in [3.8, 4) is 22.8 Å². The topological polar surface area (TPSA) is 73.6 Å². The van der Waals surface area contributed by atoms with Gasteiger partial charge in [-0.25, -0.2) is 9.97 Å². The van der Waals surface area contributed by atoms with Crippen molar-refractivity contribution in [2.24, 2.45) is 0 Å². The largest absolute Gasteiger partial charge is 0.497 e. The van der Waals surface area contributed by atoms with Crippen LogP contribution in [0.5, 0.6) is 11.6 Å². The quantitative estimate of drug-likeness (QED) is 0.595. The molecule has 130 valence electrons. The second-order valence-electron chi connectivity index (χ2n) is 5.57. The lowest BCUT2D eigenvalue weighted by Crippen LogP contribution is -2.01. The molecule has 3 heterocycles. The van der Waals surface area contributed by atoms with Crippen molar-refractivity contribution in [3.63, 3.8) is 0 Å². The van der Waals surface area contributed by atoms with E-state index in [2.05, 4.69) is 20.4 Å². The zero-order valence-corrected chi connectivity index (χ0v) is 14.4. The Morgan fingerprint density at radius 1 is 0.962 bits per heavy atom. The predicted octanol–water partition coefficient (Wildman–Crippen LogP) is 3.55. The minimum Gasteiger partial charge on any atom is -0.497 e. The van der Waals surface area contributed by atoms with Crippen molar-refractivity contribution in [3.05, 3.63) is 61.1 Å². The Balaban J connectivity index is 1.72. The Kier molecular flexibility index (Phi) is 4.10. The molecule has 0 fully saturated rings. The van der Waals surface area contributed by atoms with Gasteiger partial charge in [-0.1, -0.05) is 12.1 Å². The molecule has 4 rings (SSSR count). The second kappa shape index (κ2) is 6.72. The molecule has 1 N–H and O–H groups in total.